The molecule has 0 fully saturated rings. The van der Waals surface area contributed by atoms with Crippen molar-refractivity contribution in [2.45, 2.75) is 110 Å². The second-order valence-corrected chi connectivity index (χ2v) is 8.66. The fraction of sp³-hybridized carbons (Fsp3) is 0.731. The van der Waals surface area contributed by atoms with Gasteiger partial charge >= 0.3 is 0 Å². The zero-order valence-corrected chi connectivity index (χ0v) is 19.8. The Labute approximate surface area is 190 Å². The van der Waals surface area contributed by atoms with Crippen molar-refractivity contribution in [1.82, 2.24) is 5.32 Å². The molecule has 0 heterocycles. The maximum atomic E-state index is 11.8. The second kappa shape index (κ2) is 18.8. The SMILES string of the molecule is CCCCCCCCCCCCCCCCCCNC(=O)COc1ccc(O)cc1N. The fourth-order valence-corrected chi connectivity index (χ4v) is 3.76. The number of hydrogen-bond acceptors (Lipinski definition) is 4. The molecule has 1 aromatic rings. The number of amides is 1. The third-order valence-electron chi connectivity index (χ3n) is 5.70. The van der Waals surface area contributed by atoms with Crippen molar-refractivity contribution in [3.05, 3.63) is 18.2 Å². The molecule has 0 bridgehead atoms. The summed E-state index contributed by atoms with van der Waals surface area (Å²) in [5.74, 6) is 0.349. The summed E-state index contributed by atoms with van der Waals surface area (Å²) in [6, 6.07) is 4.46. The topological polar surface area (TPSA) is 84.6 Å². The minimum atomic E-state index is -0.145. The van der Waals surface area contributed by atoms with E-state index < -0.39 is 0 Å². The zero-order valence-electron chi connectivity index (χ0n) is 19.8. The highest BCUT2D eigenvalue weighted by Crippen LogP contribution is 2.25. The molecule has 0 aliphatic carbocycles. The van der Waals surface area contributed by atoms with Gasteiger partial charge in [-0.3, -0.25) is 4.79 Å². The zero-order chi connectivity index (χ0) is 22.6. The Balaban J connectivity index is 1.81. The lowest BCUT2D eigenvalue weighted by atomic mass is 10.0. The van der Waals surface area contributed by atoms with E-state index in [1.807, 2.05) is 0 Å². The molecule has 0 radical (unpaired) electrons. The molecule has 31 heavy (non-hydrogen) atoms. The van der Waals surface area contributed by atoms with Gasteiger partial charge in [0.25, 0.3) is 5.91 Å². The van der Waals surface area contributed by atoms with E-state index in [4.69, 9.17) is 10.5 Å². The van der Waals surface area contributed by atoms with Crippen LogP contribution in [0.3, 0.4) is 0 Å². The van der Waals surface area contributed by atoms with Crippen molar-refractivity contribution in [3.8, 4) is 11.5 Å². The molecule has 4 N–H and O–H groups in total. The summed E-state index contributed by atoms with van der Waals surface area (Å²) < 4.78 is 5.39. The maximum Gasteiger partial charge on any atom is 0.257 e. The lowest BCUT2D eigenvalue weighted by Crippen LogP contribution is -2.29. The smallest absolute Gasteiger partial charge is 0.257 e. The number of unbranched alkanes of at least 4 members (excludes halogenated alkanes) is 15. The van der Waals surface area contributed by atoms with Crippen LogP contribution in [-0.4, -0.2) is 24.2 Å². The van der Waals surface area contributed by atoms with Crippen molar-refractivity contribution < 1.29 is 14.6 Å². The highest BCUT2D eigenvalue weighted by molar-refractivity contribution is 5.77. The molecule has 1 aromatic carbocycles. The van der Waals surface area contributed by atoms with Crippen molar-refractivity contribution >= 4 is 11.6 Å². The molecule has 0 aliphatic rings. The van der Waals surface area contributed by atoms with E-state index in [1.165, 1.54) is 102 Å². The summed E-state index contributed by atoms with van der Waals surface area (Å²) in [5.41, 5.74) is 6.06. The maximum absolute atomic E-state index is 11.8. The summed E-state index contributed by atoms with van der Waals surface area (Å²) in [5, 5.41) is 12.2. The van der Waals surface area contributed by atoms with Crippen LogP contribution in [-0.2, 0) is 4.79 Å². The van der Waals surface area contributed by atoms with Gasteiger partial charge in [-0.15, -0.1) is 0 Å². The molecule has 5 nitrogen and oxygen atoms in total. The van der Waals surface area contributed by atoms with Crippen LogP contribution in [0.5, 0.6) is 11.5 Å². The van der Waals surface area contributed by atoms with Gasteiger partial charge in [-0.1, -0.05) is 103 Å². The standard InChI is InChI=1S/C26H46N2O3/c1-2-3-4-5-6-7-8-9-10-11-12-13-14-15-16-17-20-28-26(30)22-31-25-19-18-23(29)21-24(25)27/h18-19,21,29H,2-17,20,22,27H2,1H3,(H,28,30). The summed E-state index contributed by atoms with van der Waals surface area (Å²) in [6.45, 7) is 2.90. The van der Waals surface area contributed by atoms with Crippen molar-refractivity contribution in [2.75, 3.05) is 18.9 Å². The van der Waals surface area contributed by atoms with Crippen LogP contribution >= 0.6 is 0 Å². The Kier molecular flexibility index (Phi) is 16.5. The van der Waals surface area contributed by atoms with Gasteiger partial charge in [0.1, 0.15) is 11.5 Å². The van der Waals surface area contributed by atoms with Crippen LogP contribution in [0.1, 0.15) is 110 Å². The Morgan fingerprint density at radius 1 is 0.839 bits per heavy atom. The molecule has 0 saturated heterocycles. The van der Waals surface area contributed by atoms with Crippen molar-refractivity contribution in [3.63, 3.8) is 0 Å². The Morgan fingerprint density at radius 3 is 1.81 bits per heavy atom. The molecule has 0 aromatic heterocycles. The summed E-state index contributed by atoms with van der Waals surface area (Å²) in [4.78, 5) is 11.8. The number of hydrogen-bond donors (Lipinski definition) is 3. The van der Waals surface area contributed by atoms with Crippen LogP contribution in [0, 0.1) is 0 Å². The average molecular weight is 435 g/mol. The normalized spacial score (nSPS) is 10.9. The molecule has 0 unspecified atom stereocenters. The van der Waals surface area contributed by atoms with E-state index >= 15 is 0 Å². The number of rotatable bonds is 20. The van der Waals surface area contributed by atoms with Crippen LogP contribution in [0.25, 0.3) is 0 Å². The van der Waals surface area contributed by atoms with Gasteiger partial charge < -0.3 is 20.9 Å². The molecule has 0 spiro atoms. The first-order chi connectivity index (χ1) is 15.1. The first kappa shape index (κ1) is 27.1. The van der Waals surface area contributed by atoms with Gasteiger partial charge in [-0.2, -0.15) is 0 Å². The predicted octanol–water partition coefficient (Wildman–Crippen LogP) is 6.73. The van der Waals surface area contributed by atoms with E-state index in [-0.39, 0.29) is 18.3 Å². The van der Waals surface area contributed by atoms with Crippen LogP contribution in [0.2, 0.25) is 0 Å². The van der Waals surface area contributed by atoms with E-state index in [0.717, 1.165) is 12.8 Å². The number of phenols is 1. The summed E-state index contributed by atoms with van der Waals surface area (Å²) in [6.07, 6.45) is 21.5. The Morgan fingerprint density at radius 2 is 1.32 bits per heavy atom. The van der Waals surface area contributed by atoms with Gasteiger partial charge in [0, 0.05) is 12.6 Å². The number of phenolic OH excluding ortho intramolecular Hbond substituents is 1. The van der Waals surface area contributed by atoms with E-state index in [2.05, 4.69) is 12.2 Å². The third kappa shape index (κ3) is 15.5. The van der Waals surface area contributed by atoms with Crippen molar-refractivity contribution in [2.24, 2.45) is 0 Å². The molecule has 0 atom stereocenters. The lowest BCUT2D eigenvalue weighted by molar-refractivity contribution is -0.123. The Hall–Kier alpha value is -1.91. The van der Waals surface area contributed by atoms with Crippen LogP contribution in [0.15, 0.2) is 18.2 Å². The molecule has 1 rings (SSSR count). The van der Waals surface area contributed by atoms with Gasteiger partial charge in [0.05, 0.1) is 5.69 Å². The van der Waals surface area contributed by atoms with Gasteiger partial charge in [-0.05, 0) is 18.6 Å². The largest absolute Gasteiger partial charge is 0.508 e. The molecule has 0 aliphatic heterocycles. The third-order valence-corrected chi connectivity index (χ3v) is 5.70. The minimum absolute atomic E-state index is 0.0617. The number of nitrogens with two attached hydrogens (primary N) is 1. The van der Waals surface area contributed by atoms with Crippen LogP contribution in [0.4, 0.5) is 5.69 Å². The predicted molar refractivity (Wildman–Crippen MR) is 131 cm³/mol. The molecule has 178 valence electrons. The van der Waals surface area contributed by atoms with Crippen LogP contribution < -0.4 is 15.8 Å². The number of carbonyl (C=O) groups excluding carboxylic acids is 1. The number of nitrogens with one attached hydrogen (secondary N) is 1. The summed E-state index contributed by atoms with van der Waals surface area (Å²) in [7, 11) is 0. The Bertz CT molecular complexity index is 578. The van der Waals surface area contributed by atoms with Gasteiger partial charge in [-0.25, -0.2) is 0 Å². The molecular weight excluding hydrogens is 388 g/mol. The summed E-state index contributed by atoms with van der Waals surface area (Å²) >= 11 is 0. The van der Waals surface area contributed by atoms with E-state index in [0.29, 0.717) is 18.0 Å². The molecule has 1 amide bonds. The number of anilines is 1. The first-order valence-electron chi connectivity index (χ1n) is 12.6. The highest BCUT2D eigenvalue weighted by Gasteiger charge is 2.05. The minimum Gasteiger partial charge on any atom is -0.508 e. The average Bonchev–Trinajstić information content (AvgIpc) is 2.75. The highest BCUT2D eigenvalue weighted by atomic mass is 16.5. The molecule has 5 heteroatoms. The fourth-order valence-electron chi connectivity index (χ4n) is 3.76. The lowest BCUT2D eigenvalue weighted by Gasteiger charge is -2.09. The monoisotopic (exact) mass is 434 g/mol. The number of nitrogen functional groups attached to an aromatic ring is 1. The molecular formula is C26H46N2O3. The van der Waals surface area contributed by atoms with E-state index in [9.17, 15) is 9.90 Å². The number of aromatic hydroxyl groups is 1. The van der Waals surface area contributed by atoms with Gasteiger partial charge in [0.2, 0.25) is 0 Å². The van der Waals surface area contributed by atoms with Crippen molar-refractivity contribution in [1.29, 1.82) is 0 Å². The van der Waals surface area contributed by atoms with E-state index in [1.54, 1.807) is 6.07 Å². The quantitative estimate of drug-likeness (QED) is 0.157. The molecule has 0 saturated carbocycles. The first-order valence-corrected chi connectivity index (χ1v) is 12.6. The number of ether oxygens (including phenoxy) is 1. The number of carbonyl (C=O) groups is 1. The second-order valence-electron chi connectivity index (χ2n) is 8.66. The van der Waals surface area contributed by atoms with Gasteiger partial charge in [0.15, 0.2) is 6.61 Å². The number of benzene rings is 1.